The number of anilines is 1. The van der Waals surface area contributed by atoms with E-state index in [1.807, 2.05) is 12.1 Å². The lowest BCUT2D eigenvalue weighted by Crippen LogP contribution is -2.35. The van der Waals surface area contributed by atoms with Gasteiger partial charge in [0.25, 0.3) is 0 Å². The van der Waals surface area contributed by atoms with Crippen molar-refractivity contribution < 1.29 is 13.2 Å². The summed E-state index contributed by atoms with van der Waals surface area (Å²) in [6.07, 6.45) is -2.51. The summed E-state index contributed by atoms with van der Waals surface area (Å²) in [5.41, 5.74) is 2.41. The van der Waals surface area contributed by atoms with Gasteiger partial charge in [0.15, 0.2) is 0 Å². The highest BCUT2D eigenvalue weighted by Gasteiger charge is 2.30. The minimum Gasteiger partial charge on any atom is -0.310 e. The molecule has 2 nitrogen and oxygen atoms in total. The van der Waals surface area contributed by atoms with Crippen LogP contribution in [0.1, 0.15) is 62.1 Å². The molecule has 2 aromatic carbocycles. The first-order valence-corrected chi connectivity index (χ1v) is 9.01. The van der Waals surface area contributed by atoms with Crippen molar-refractivity contribution in [3.63, 3.8) is 0 Å². The lowest BCUT2D eigenvalue weighted by Gasteiger charge is -2.26. The maximum absolute atomic E-state index is 12.8. The van der Waals surface area contributed by atoms with Gasteiger partial charge in [-0.05, 0) is 47.7 Å². The molecule has 1 atom stereocenters. The third kappa shape index (κ3) is 5.24. The molecule has 0 saturated heterocycles. The number of alkyl halides is 3. The van der Waals surface area contributed by atoms with Gasteiger partial charge in [-0.1, -0.05) is 51.5 Å². The van der Waals surface area contributed by atoms with E-state index >= 15 is 0 Å². The number of nitrogens with two attached hydrogens (primary N) is 1. The van der Waals surface area contributed by atoms with Crippen LogP contribution in [0, 0.1) is 0 Å². The van der Waals surface area contributed by atoms with Gasteiger partial charge < -0.3 is 5.01 Å². The molecule has 0 amide bonds. The third-order valence-electron chi connectivity index (χ3n) is 4.66. The summed E-state index contributed by atoms with van der Waals surface area (Å²) >= 11 is 0. The Morgan fingerprint density at radius 3 is 1.92 bits per heavy atom. The fourth-order valence-electron chi connectivity index (χ4n) is 3.05. The first-order chi connectivity index (χ1) is 12.2. The number of halogens is 3. The summed E-state index contributed by atoms with van der Waals surface area (Å²) < 4.78 is 38.3. The molecule has 1 unspecified atom stereocenters. The van der Waals surface area contributed by atoms with Gasteiger partial charge in [-0.3, -0.25) is 0 Å². The number of hydrogen-bond acceptors (Lipinski definition) is 2. The molecule has 0 aliphatic carbocycles. The SMILES string of the molecule is CCCC(CN(N)c1ccc(C(C)C)cc1)c1ccc(C(F)(F)F)cc1. The van der Waals surface area contributed by atoms with Crippen molar-refractivity contribution in [2.45, 2.75) is 51.6 Å². The van der Waals surface area contributed by atoms with Gasteiger partial charge in [0, 0.05) is 12.5 Å². The molecule has 0 aliphatic heterocycles. The van der Waals surface area contributed by atoms with Crippen molar-refractivity contribution in [3.8, 4) is 0 Å². The Morgan fingerprint density at radius 2 is 1.46 bits per heavy atom. The van der Waals surface area contributed by atoms with Crippen molar-refractivity contribution in [1.29, 1.82) is 0 Å². The van der Waals surface area contributed by atoms with Gasteiger partial charge in [0.2, 0.25) is 0 Å². The normalized spacial score (nSPS) is 13.1. The van der Waals surface area contributed by atoms with Gasteiger partial charge >= 0.3 is 6.18 Å². The van der Waals surface area contributed by atoms with E-state index in [2.05, 4.69) is 32.9 Å². The molecular formula is C21H27F3N2. The summed E-state index contributed by atoms with van der Waals surface area (Å²) in [5.74, 6) is 6.78. The standard InChI is InChI=1S/C21H27F3N2/c1-4-5-18(17-6-10-19(11-7-17)21(22,23)24)14-26(25)20-12-8-16(9-13-20)15(2)3/h6-13,15,18H,4-5,14,25H2,1-3H3. The predicted octanol–water partition coefficient (Wildman–Crippen LogP) is 6.09. The molecule has 2 rings (SSSR count). The molecule has 0 spiro atoms. The lowest BCUT2D eigenvalue weighted by molar-refractivity contribution is -0.137. The molecule has 26 heavy (non-hydrogen) atoms. The van der Waals surface area contributed by atoms with Crippen LogP contribution in [0.4, 0.5) is 18.9 Å². The second-order valence-corrected chi connectivity index (χ2v) is 7.00. The highest BCUT2D eigenvalue weighted by Crippen LogP contribution is 2.31. The third-order valence-corrected chi connectivity index (χ3v) is 4.66. The molecule has 0 heterocycles. The van der Waals surface area contributed by atoms with Gasteiger partial charge in [-0.2, -0.15) is 13.2 Å². The Balaban J connectivity index is 2.14. The van der Waals surface area contributed by atoms with E-state index < -0.39 is 11.7 Å². The molecule has 0 aromatic heterocycles. The molecule has 0 aliphatic rings. The fraction of sp³-hybridized carbons (Fsp3) is 0.429. The second kappa shape index (κ2) is 8.58. The van der Waals surface area contributed by atoms with Crippen LogP contribution in [0.15, 0.2) is 48.5 Å². The van der Waals surface area contributed by atoms with E-state index in [9.17, 15) is 13.2 Å². The summed E-state index contributed by atoms with van der Waals surface area (Å²) in [6, 6.07) is 13.5. The van der Waals surface area contributed by atoms with E-state index in [1.165, 1.54) is 5.56 Å². The largest absolute Gasteiger partial charge is 0.416 e. The number of rotatable bonds is 7. The number of nitrogens with zero attached hydrogens (tertiary/aromatic N) is 1. The Kier molecular flexibility index (Phi) is 6.70. The van der Waals surface area contributed by atoms with Crippen LogP contribution in [0.3, 0.4) is 0 Å². The summed E-state index contributed by atoms with van der Waals surface area (Å²) in [7, 11) is 0. The van der Waals surface area contributed by atoms with Crippen molar-refractivity contribution in [3.05, 3.63) is 65.2 Å². The molecule has 0 fully saturated rings. The molecule has 142 valence electrons. The van der Waals surface area contributed by atoms with E-state index in [0.717, 1.165) is 36.2 Å². The van der Waals surface area contributed by atoms with Crippen LogP contribution in [-0.2, 0) is 6.18 Å². The Labute approximate surface area is 153 Å². The van der Waals surface area contributed by atoms with Crippen molar-refractivity contribution in [2.24, 2.45) is 5.84 Å². The van der Waals surface area contributed by atoms with Crippen LogP contribution in [0.2, 0.25) is 0 Å². The Morgan fingerprint density at radius 1 is 0.923 bits per heavy atom. The summed E-state index contributed by atoms with van der Waals surface area (Å²) in [5, 5.41) is 1.68. The van der Waals surface area contributed by atoms with Gasteiger partial charge in [0.05, 0.1) is 11.3 Å². The molecule has 5 heteroatoms. The minimum atomic E-state index is -4.31. The molecule has 0 radical (unpaired) electrons. The van der Waals surface area contributed by atoms with Crippen LogP contribution in [0.5, 0.6) is 0 Å². The highest BCUT2D eigenvalue weighted by atomic mass is 19.4. The van der Waals surface area contributed by atoms with Crippen LogP contribution < -0.4 is 10.9 Å². The molecule has 0 saturated carbocycles. The Hall–Kier alpha value is -2.01. The van der Waals surface area contributed by atoms with Crippen molar-refractivity contribution in [2.75, 3.05) is 11.6 Å². The number of hydrazine groups is 1. The zero-order valence-electron chi connectivity index (χ0n) is 15.6. The topological polar surface area (TPSA) is 29.3 Å². The van der Waals surface area contributed by atoms with E-state index in [4.69, 9.17) is 5.84 Å². The smallest absolute Gasteiger partial charge is 0.310 e. The fourth-order valence-corrected chi connectivity index (χ4v) is 3.05. The van der Waals surface area contributed by atoms with Crippen LogP contribution >= 0.6 is 0 Å². The number of hydrogen-bond donors (Lipinski definition) is 1. The maximum atomic E-state index is 12.8. The van der Waals surface area contributed by atoms with Crippen LogP contribution in [0.25, 0.3) is 0 Å². The van der Waals surface area contributed by atoms with Gasteiger partial charge in [0.1, 0.15) is 0 Å². The molecule has 2 N–H and O–H groups in total. The summed E-state index contributed by atoms with van der Waals surface area (Å²) in [6.45, 7) is 6.89. The van der Waals surface area contributed by atoms with E-state index in [1.54, 1.807) is 17.1 Å². The average molecular weight is 364 g/mol. The average Bonchev–Trinajstić information content (AvgIpc) is 2.60. The molecular weight excluding hydrogens is 337 g/mol. The summed E-state index contributed by atoms with van der Waals surface area (Å²) in [4.78, 5) is 0. The van der Waals surface area contributed by atoms with E-state index in [0.29, 0.717) is 12.5 Å². The van der Waals surface area contributed by atoms with Gasteiger partial charge in [-0.25, -0.2) is 5.84 Å². The number of benzene rings is 2. The zero-order valence-corrected chi connectivity index (χ0v) is 15.6. The molecule has 0 bridgehead atoms. The lowest BCUT2D eigenvalue weighted by atomic mass is 9.93. The van der Waals surface area contributed by atoms with Crippen molar-refractivity contribution >= 4 is 5.69 Å². The maximum Gasteiger partial charge on any atom is 0.416 e. The quantitative estimate of drug-likeness (QED) is 0.475. The second-order valence-electron chi connectivity index (χ2n) is 7.00. The first-order valence-electron chi connectivity index (χ1n) is 9.01. The Bertz CT molecular complexity index is 676. The van der Waals surface area contributed by atoms with Crippen molar-refractivity contribution in [1.82, 2.24) is 0 Å². The first kappa shape index (κ1) is 20.3. The predicted molar refractivity (Wildman–Crippen MR) is 101 cm³/mol. The minimum absolute atomic E-state index is 0.0806. The molecule has 2 aromatic rings. The van der Waals surface area contributed by atoms with E-state index in [-0.39, 0.29) is 5.92 Å². The monoisotopic (exact) mass is 364 g/mol. The highest BCUT2D eigenvalue weighted by molar-refractivity contribution is 5.47. The van der Waals surface area contributed by atoms with Gasteiger partial charge in [-0.15, -0.1) is 0 Å². The van der Waals surface area contributed by atoms with Crippen LogP contribution in [-0.4, -0.2) is 6.54 Å². The zero-order chi connectivity index (χ0) is 19.3.